The number of anilines is 1. The van der Waals surface area contributed by atoms with E-state index in [-0.39, 0.29) is 0 Å². The van der Waals surface area contributed by atoms with Crippen LogP contribution in [0.5, 0.6) is 5.75 Å². The van der Waals surface area contributed by atoms with Crippen LogP contribution in [0.15, 0.2) is 24.5 Å². The lowest BCUT2D eigenvalue weighted by Gasteiger charge is -2.26. The number of hydrogen-bond donors (Lipinski definition) is 2. The van der Waals surface area contributed by atoms with E-state index in [1.165, 1.54) is 11.1 Å². The third-order valence-electron chi connectivity index (χ3n) is 3.96. The second kappa shape index (κ2) is 5.90. The number of aromatic nitrogens is 2. The van der Waals surface area contributed by atoms with Crippen molar-refractivity contribution in [1.82, 2.24) is 9.97 Å². The number of nitrogens with one attached hydrogen (secondary N) is 1. The van der Waals surface area contributed by atoms with Gasteiger partial charge < -0.3 is 10.4 Å². The van der Waals surface area contributed by atoms with Gasteiger partial charge in [-0.1, -0.05) is 24.6 Å². The van der Waals surface area contributed by atoms with Crippen LogP contribution in [0.1, 0.15) is 30.2 Å². The maximum atomic E-state index is 9.53. The van der Waals surface area contributed by atoms with E-state index in [1.807, 2.05) is 19.1 Å². The monoisotopic (exact) mass is 303 g/mol. The Kier molecular flexibility index (Phi) is 3.97. The molecule has 5 heteroatoms. The highest BCUT2D eigenvalue weighted by Crippen LogP contribution is 2.28. The lowest BCUT2D eigenvalue weighted by atomic mass is 9.88. The fraction of sp³-hybridized carbons (Fsp3) is 0.375. The molecule has 2 N–H and O–H groups in total. The van der Waals surface area contributed by atoms with Crippen LogP contribution >= 0.6 is 11.6 Å². The maximum Gasteiger partial charge on any atom is 0.148 e. The molecular formula is C16H18ClN3O. The lowest BCUT2D eigenvalue weighted by molar-refractivity contribution is 0.472. The molecule has 2 aromatic rings. The predicted molar refractivity (Wildman–Crippen MR) is 84.0 cm³/mol. The first-order valence-electron chi connectivity index (χ1n) is 7.24. The average molecular weight is 304 g/mol. The van der Waals surface area contributed by atoms with Crippen LogP contribution in [0.2, 0.25) is 5.02 Å². The first kappa shape index (κ1) is 14.1. The Balaban J connectivity index is 1.77. The number of hydrogen-bond acceptors (Lipinski definition) is 4. The standard InChI is InChI=1S/C16H18ClN3O/c1-2-14-15(17)16(19-9-18-14)20-12-5-3-11-8-13(21)6-4-10(11)7-12/h4,6,8-9,12,21H,2-3,5,7H2,1H3,(H,18,19,20). The minimum Gasteiger partial charge on any atom is -0.508 e. The molecule has 1 heterocycles. The molecule has 21 heavy (non-hydrogen) atoms. The molecule has 0 radical (unpaired) electrons. The van der Waals surface area contributed by atoms with E-state index in [9.17, 15) is 5.11 Å². The quantitative estimate of drug-likeness (QED) is 0.913. The van der Waals surface area contributed by atoms with Gasteiger partial charge >= 0.3 is 0 Å². The molecule has 0 saturated heterocycles. The summed E-state index contributed by atoms with van der Waals surface area (Å²) >= 11 is 6.33. The summed E-state index contributed by atoms with van der Waals surface area (Å²) < 4.78 is 0. The Morgan fingerprint density at radius 3 is 3.00 bits per heavy atom. The molecule has 1 aromatic carbocycles. The second-order valence-electron chi connectivity index (χ2n) is 5.37. The summed E-state index contributed by atoms with van der Waals surface area (Å²) in [6.45, 7) is 2.03. The summed E-state index contributed by atoms with van der Waals surface area (Å²) in [5.74, 6) is 1.06. The van der Waals surface area contributed by atoms with Crippen molar-refractivity contribution < 1.29 is 5.11 Å². The number of nitrogens with zero attached hydrogens (tertiary/aromatic N) is 2. The van der Waals surface area contributed by atoms with Crippen molar-refractivity contribution in [2.45, 2.75) is 38.6 Å². The van der Waals surface area contributed by atoms with Gasteiger partial charge in [-0.25, -0.2) is 9.97 Å². The lowest BCUT2D eigenvalue weighted by Crippen LogP contribution is -2.28. The first-order chi connectivity index (χ1) is 10.2. The highest BCUT2D eigenvalue weighted by Gasteiger charge is 2.20. The van der Waals surface area contributed by atoms with Crippen molar-refractivity contribution >= 4 is 17.4 Å². The molecule has 1 aromatic heterocycles. The summed E-state index contributed by atoms with van der Waals surface area (Å²) in [6.07, 6.45) is 5.21. The van der Waals surface area contributed by atoms with Gasteiger partial charge in [0.05, 0.1) is 5.69 Å². The summed E-state index contributed by atoms with van der Waals surface area (Å²) in [5, 5.41) is 13.6. The van der Waals surface area contributed by atoms with Crippen molar-refractivity contribution in [2.24, 2.45) is 0 Å². The number of phenols is 1. The second-order valence-corrected chi connectivity index (χ2v) is 5.75. The van der Waals surface area contributed by atoms with Gasteiger partial charge in [0.1, 0.15) is 22.9 Å². The fourth-order valence-corrected chi connectivity index (χ4v) is 3.10. The highest BCUT2D eigenvalue weighted by molar-refractivity contribution is 6.33. The summed E-state index contributed by atoms with van der Waals surface area (Å²) in [4.78, 5) is 8.44. The molecule has 1 aliphatic rings. The minimum absolute atomic E-state index is 0.305. The van der Waals surface area contributed by atoms with Crippen molar-refractivity contribution in [3.63, 3.8) is 0 Å². The van der Waals surface area contributed by atoms with Gasteiger partial charge in [0.15, 0.2) is 0 Å². The van der Waals surface area contributed by atoms with E-state index in [1.54, 1.807) is 12.4 Å². The van der Waals surface area contributed by atoms with Gasteiger partial charge in [0, 0.05) is 6.04 Å². The van der Waals surface area contributed by atoms with E-state index in [0.29, 0.717) is 16.8 Å². The molecule has 110 valence electrons. The van der Waals surface area contributed by atoms with Crippen LogP contribution in [0.25, 0.3) is 0 Å². The number of benzene rings is 1. The molecule has 1 aliphatic carbocycles. The minimum atomic E-state index is 0.305. The zero-order valence-corrected chi connectivity index (χ0v) is 12.7. The maximum absolute atomic E-state index is 9.53. The van der Waals surface area contributed by atoms with E-state index < -0.39 is 0 Å². The molecule has 0 fully saturated rings. The largest absolute Gasteiger partial charge is 0.508 e. The van der Waals surface area contributed by atoms with Crippen molar-refractivity contribution in [3.05, 3.63) is 46.4 Å². The number of rotatable bonds is 3. The molecule has 3 rings (SSSR count). The molecular weight excluding hydrogens is 286 g/mol. The summed E-state index contributed by atoms with van der Waals surface area (Å²) in [6, 6.07) is 5.91. The van der Waals surface area contributed by atoms with Crippen LogP contribution < -0.4 is 5.32 Å². The van der Waals surface area contributed by atoms with Crippen LogP contribution in [0.3, 0.4) is 0 Å². The number of aromatic hydroxyl groups is 1. The Labute approximate surface area is 129 Å². The summed E-state index contributed by atoms with van der Waals surface area (Å²) in [7, 11) is 0. The smallest absolute Gasteiger partial charge is 0.148 e. The molecule has 0 spiro atoms. The Bertz CT molecular complexity index is 660. The Hall–Kier alpha value is -1.81. The van der Waals surface area contributed by atoms with Crippen LogP contribution in [-0.2, 0) is 19.3 Å². The number of halogens is 1. The van der Waals surface area contributed by atoms with Crippen LogP contribution in [0, 0.1) is 0 Å². The Morgan fingerprint density at radius 2 is 2.19 bits per heavy atom. The van der Waals surface area contributed by atoms with Gasteiger partial charge in [0.2, 0.25) is 0 Å². The first-order valence-corrected chi connectivity index (χ1v) is 7.62. The predicted octanol–water partition coefficient (Wildman–Crippen LogP) is 3.37. The van der Waals surface area contributed by atoms with Crippen molar-refractivity contribution in [3.8, 4) is 5.75 Å². The van der Waals surface area contributed by atoms with Crippen LogP contribution in [-0.4, -0.2) is 21.1 Å². The normalized spacial score (nSPS) is 17.3. The average Bonchev–Trinajstić information content (AvgIpc) is 2.49. The van der Waals surface area contributed by atoms with Gasteiger partial charge in [-0.2, -0.15) is 0 Å². The fourth-order valence-electron chi connectivity index (χ4n) is 2.81. The number of phenolic OH excluding ortho intramolecular Hbond substituents is 1. The van der Waals surface area contributed by atoms with Gasteiger partial charge in [-0.15, -0.1) is 0 Å². The molecule has 4 nitrogen and oxygen atoms in total. The number of fused-ring (bicyclic) bond motifs is 1. The van der Waals surface area contributed by atoms with E-state index in [2.05, 4.69) is 15.3 Å². The topological polar surface area (TPSA) is 58.0 Å². The zero-order valence-electron chi connectivity index (χ0n) is 11.9. The molecule has 0 amide bonds. The van der Waals surface area contributed by atoms with Crippen LogP contribution in [0.4, 0.5) is 5.82 Å². The van der Waals surface area contributed by atoms with Crippen molar-refractivity contribution in [1.29, 1.82) is 0 Å². The third-order valence-corrected chi connectivity index (χ3v) is 4.35. The van der Waals surface area contributed by atoms with E-state index >= 15 is 0 Å². The SMILES string of the molecule is CCc1ncnc(NC2CCc3cc(O)ccc3C2)c1Cl. The third kappa shape index (κ3) is 2.95. The van der Waals surface area contributed by atoms with Gasteiger partial charge in [-0.3, -0.25) is 0 Å². The van der Waals surface area contributed by atoms with Gasteiger partial charge in [-0.05, 0) is 48.9 Å². The number of aryl methyl sites for hydroxylation is 2. The van der Waals surface area contributed by atoms with Crippen molar-refractivity contribution in [2.75, 3.05) is 5.32 Å². The zero-order chi connectivity index (χ0) is 14.8. The summed E-state index contributed by atoms with van der Waals surface area (Å²) in [5.41, 5.74) is 3.38. The molecule has 1 atom stereocenters. The Morgan fingerprint density at radius 1 is 1.33 bits per heavy atom. The molecule has 0 saturated carbocycles. The molecule has 1 unspecified atom stereocenters. The van der Waals surface area contributed by atoms with E-state index in [0.717, 1.165) is 37.2 Å². The van der Waals surface area contributed by atoms with Gasteiger partial charge in [0.25, 0.3) is 0 Å². The molecule has 0 aliphatic heterocycles. The molecule has 0 bridgehead atoms. The van der Waals surface area contributed by atoms with E-state index in [4.69, 9.17) is 11.6 Å². The highest BCUT2D eigenvalue weighted by atomic mass is 35.5.